The van der Waals surface area contributed by atoms with E-state index in [-0.39, 0.29) is 11.9 Å². The summed E-state index contributed by atoms with van der Waals surface area (Å²) in [6.07, 6.45) is 0. The first kappa shape index (κ1) is 18.9. The van der Waals surface area contributed by atoms with Gasteiger partial charge in [0.1, 0.15) is 6.04 Å². The zero-order valence-electron chi connectivity index (χ0n) is 16.2. The standard InChI is InChI=1S/C24H26N2O/c1-18-11-10-12-19(2)23(18)25-22(27)17-26(3)24(20-13-6-4-7-14-20)21-15-8-5-9-16-21/h4-16,24H,17H2,1-3H3,(H,25,27)/p+1. The third-order valence-electron chi connectivity index (χ3n) is 4.94. The lowest BCUT2D eigenvalue weighted by Gasteiger charge is -2.25. The van der Waals surface area contributed by atoms with E-state index in [1.165, 1.54) is 11.1 Å². The highest BCUT2D eigenvalue weighted by Crippen LogP contribution is 2.20. The molecule has 3 aromatic carbocycles. The van der Waals surface area contributed by atoms with Crippen LogP contribution in [-0.2, 0) is 4.79 Å². The van der Waals surface area contributed by atoms with Crippen molar-refractivity contribution >= 4 is 11.6 Å². The second-order valence-electron chi connectivity index (χ2n) is 7.09. The Morgan fingerprint density at radius 1 is 0.815 bits per heavy atom. The second-order valence-corrected chi connectivity index (χ2v) is 7.09. The number of nitrogens with one attached hydrogen (secondary N) is 2. The predicted molar refractivity (Wildman–Crippen MR) is 111 cm³/mol. The summed E-state index contributed by atoms with van der Waals surface area (Å²) in [4.78, 5) is 13.9. The van der Waals surface area contributed by atoms with Crippen LogP contribution in [0.25, 0.3) is 0 Å². The third kappa shape index (κ3) is 4.63. The minimum absolute atomic E-state index is 0.0294. The molecule has 0 aliphatic heterocycles. The SMILES string of the molecule is Cc1cccc(C)c1NC(=O)C[NH+](C)C(c1ccccc1)c1ccccc1. The number of carbonyl (C=O) groups excluding carboxylic acids is 1. The van der Waals surface area contributed by atoms with Crippen molar-refractivity contribution in [1.29, 1.82) is 0 Å². The lowest BCUT2D eigenvalue weighted by Crippen LogP contribution is -3.10. The molecule has 0 heterocycles. The van der Waals surface area contributed by atoms with Gasteiger partial charge in [0.25, 0.3) is 5.91 Å². The van der Waals surface area contributed by atoms with Crippen LogP contribution < -0.4 is 10.2 Å². The molecular weight excluding hydrogens is 332 g/mol. The molecule has 0 bridgehead atoms. The molecule has 0 saturated carbocycles. The van der Waals surface area contributed by atoms with Gasteiger partial charge < -0.3 is 10.2 Å². The fraction of sp³-hybridized carbons (Fsp3) is 0.208. The van der Waals surface area contributed by atoms with Crippen LogP contribution in [-0.4, -0.2) is 19.5 Å². The zero-order valence-corrected chi connectivity index (χ0v) is 16.2. The van der Waals surface area contributed by atoms with Crippen LogP contribution in [0.4, 0.5) is 5.69 Å². The van der Waals surface area contributed by atoms with Crippen molar-refractivity contribution in [2.75, 3.05) is 18.9 Å². The van der Waals surface area contributed by atoms with E-state index in [0.29, 0.717) is 6.54 Å². The van der Waals surface area contributed by atoms with Crippen molar-refractivity contribution in [2.45, 2.75) is 19.9 Å². The van der Waals surface area contributed by atoms with Gasteiger partial charge in [-0.2, -0.15) is 0 Å². The fourth-order valence-corrected chi connectivity index (χ4v) is 3.60. The molecule has 1 unspecified atom stereocenters. The first-order chi connectivity index (χ1) is 13.1. The second kappa shape index (κ2) is 8.65. The number of carbonyl (C=O) groups is 1. The van der Waals surface area contributed by atoms with Crippen molar-refractivity contribution in [3.8, 4) is 0 Å². The van der Waals surface area contributed by atoms with Crippen LogP contribution in [0.3, 0.4) is 0 Å². The van der Waals surface area contributed by atoms with Crippen LogP contribution in [0.2, 0.25) is 0 Å². The molecular formula is C24H27N2O+. The lowest BCUT2D eigenvalue weighted by molar-refractivity contribution is -0.897. The van der Waals surface area contributed by atoms with Gasteiger partial charge in [-0.1, -0.05) is 78.9 Å². The Balaban J connectivity index is 1.80. The summed E-state index contributed by atoms with van der Waals surface area (Å²) >= 11 is 0. The van der Waals surface area contributed by atoms with Gasteiger partial charge in [0.05, 0.1) is 7.05 Å². The number of hydrogen-bond donors (Lipinski definition) is 2. The first-order valence-electron chi connectivity index (χ1n) is 9.34. The summed E-state index contributed by atoms with van der Waals surface area (Å²) < 4.78 is 0. The van der Waals surface area contributed by atoms with E-state index >= 15 is 0 Å². The average molecular weight is 359 g/mol. The molecule has 0 spiro atoms. The minimum atomic E-state index is 0.0294. The van der Waals surface area contributed by atoms with Crippen LogP contribution in [0.5, 0.6) is 0 Å². The Morgan fingerprint density at radius 3 is 1.78 bits per heavy atom. The topological polar surface area (TPSA) is 33.5 Å². The molecule has 1 amide bonds. The molecule has 3 heteroatoms. The lowest BCUT2D eigenvalue weighted by atomic mass is 9.97. The number of para-hydroxylation sites is 1. The number of likely N-dealkylation sites (N-methyl/N-ethyl adjacent to an activating group) is 1. The van der Waals surface area contributed by atoms with Gasteiger partial charge >= 0.3 is 0 Å². The minimum Gasteiger partial charge on any atom is -0.321 e. The Hall–Kier alpha value is -2.91. The van der Waals surface area contributed by atoms with Crippen molar-refractivity contribution in [1.82, 2.24) is 0 Å². The summed E-state index contributed by atoms with van der Waals surface area (Å²) in [7, 11) is 2.08. The van der Waals surface area contributed by atoms with Crippen molar-refractivity contribution in [2.24, 2.45) is 0 Å². The first-order valence-corrected chi connectivity index (χ1v) is 9.34. The quantitative estimate of drug-likeness (QED) is 0.693. The maximum Gasteiger partial charge on any atom is 0.279 e. The molecule has 27 heavy (non-hydrogen) atoms. The van der Waals surface area contributed by atoms with E-state index in [1.807, 2.05) is 44.2 Å². The zero-order chi connectivity index (χ0) is 19.2. The van der Waals surface area contributed by atoms with E-state index in [0.717, 1.165) is 21.7 Å². The van der Waals surface area contributed by atoms with E-state index < -0.39 is 0 Å². The molecule has 0 aliphatic carbocycles. The van der Waals surface area contributed by atoms with Gasteiger partial charge in [-0.05, 0) is 25.0 Å². The number of aryl methyl sites for hydroxylation is 2. The number of benzene rings is 3. The molecule has 3 rings (SSSR count). The Kier molecular flexibility index (Phi) is 6.05. The van der Waals surface area contributed by atoms with Crippen LogP contribution in [0.15, 0.2) is 78.9 Å². The van der Waals surface area contributed by atoms with Gasteiger partial charge in [0.15, 0.2) is 6.54 Å². The largest absolute Gasteiger partial charge is 0.321 e. The summed E-state index contributed by atoms with van der Waals surface area (Å²) in [5.41, 5.74) is 5.51. The average Bonchev–Trinajstić information content (AvgIpc) is 2.67. The molecule has 3 aromatic rings. The van der Waals surface area contributed by atoms with Crippen molar-refractivity contribution < 1.29 is 9.69 Å². The van der Waals surface area contributed by atoms with Crippen LogP contribution >= 0.6 is 0 Å². The maximum absolute atomic E-state index is 12.8. The molecule has 0 radical (unpaired) electrons. The Labute approximate surface area is 161 Å². The molecule has 138 valence electrons. The van der Waals surface area contributed by atoms with Gasteiger partial charge in [-0.25, -0.2) is 0 Å². The highest BCUT2D eigenvalue weighted by atomic mass is 16.2. The fourth-order valence-electron chi connectivity index (χ4n) is 3.60. The molecule has 2 N–H and O–H groups in total. The summed E-state index contributed by atoms with van der Waals surface area (Å²) in [6.45, 7) is 4.44. The molecule has 3 nitrogen and oxygen atoms in total. The van der Waals surface area contributed by atoms with Crippen LogP contribution in [0.1, 0.15) is 28.3 Å². The molecule has 0 fully saturated rings. The van der Waals surface area contributed by atoms with E-state index in [2.05, 4.69) is 60.9 Å². The Morgan fingerprint density at radius 2 is 1.30 bits per heavy atom. The normalized spacial score (nSPS) is 12.0. The third-order valence-corrected chi connectivity index (χ3v) is 4.94. The van der Waals surface area contributed by atoms with E-state index in [4.69, 9.17) is 0 Å². The number of anilines is 1. The highest BCUT2D eigenvalue weighted by molar-refractivity contribution is 5.93. The predicted octanol–water partition coefficient (Wildman–Crippen LogP) is 3.55. The van der Waals surface area contributed by atoms with Crippen LogP contribution in [0, 0.1) is 13.8 Å². The smallest absolute Gasteiger partial charge is 0.279 e. The number of hydrogen-bond acceptors (Lipinski definition) is 1. The van der Waals surface area contributed by atoms with Gasteiger partial charge in [-0.3, -0.25) is 4.79 Å². The van der Waals surface area contributed by atoms with Gasteiger partial charge in [-0.15, -0.1) is 0 Å². The van der Waals surface area contributed by atoms with E-state index in [9.17, 15) is 4.79 Å². The molecule has 1 atom stereocenters. The Bertz CT molecular complexity index is 831. The molecule has 0 saturated heterocycles. The summed E-state index contributed by atoms with van der Waals surface area (Å²) in [5, 5.41) is 3.11. The molecule has 0 aliphatic rings. The van der Waals surface area contributed by atoms with Crippen molar-refractivity contribution in [3.63, 3.8) is 0 Å². The van der Waals surface area contributed by atoms with E-state index in [1.54, 1.807) is 0 Å². The maximum atomic E-state index is 12.8. The van der Waals surface area contributed by atoms with Crippen molar-refractivity contribution in [3.05, 3.63) is 101 Å². The van der Waals surface area contributed by atoms with Gasteiger partial charge in [0, 0.05) is 16.8 Å². The molecule has 0 aromatic heterocycles. The number of quaternary nitrogens is 1. The van der Waals surface area contributed by atoms with Gasteiger partial charge in [0.2, 0.25) is 0 Å². The highest BCUT2D eigenvalue weighted by Gasteiger charge is 2.25. The number of rotatable bonds is 6. The summed E-state index contributed by atoms with van der Waals surface area (Å²) in [5.74, 6) is 0.0294. The monoisotopic (exact) mass is 359 g/mol. The number of amides is 1. The summed E-state index contributed by atoms with van der Waals surface area (Å²) in [6, 6.07) is 26.9.